The van der Waals surface area contributed by atoms with Gasteiger partial charge < -0.3 is 10.2 Å². The average Bonchev–Trinajstić information content (AvgIpc) is 3.02. The van der Waals surface area contributed by atoms with Gasteiger partial charge in [-0.05, 0) is 57.0 Å². The van der Waals surface area contributed by atoms with Gasteiger partial charge in [-0.25, -0.2) is 0 Å². The minimum atomic E-state index is 0.586. The highest BCUT2D eigenvalue weighted by atomic mass is 15.1. The van der Waals surface area contributed by atoms with Crippen molar-refractivity contribution in [3.05, 3.63) is 0 Å². The number of rotatable bonds is 8. The number of nitrogens with one attached hydrogen (secondary N) is 1. The third-order valence-electron chi connectivity index (χ3n) is 5.24. The van der Waals surface area contributed by atoms with E-state index in [-0.39, 0.29) is 0 Å². The van der Waals surface area contributed by atoms with E-state index in [1.807, 2.05) is 0 Å². The first-order valence-electron chi connectivity index (χ1n) is 8.63. The standard InChI is InChI=1S/C17H34N2/c1-3-12-18-14-17(10-6-7-11-17)15-19(2)13-16-8-4-5-9-16/h16,18H,3-15H2,1-2H3. The summed E-state index contributed by atoms with van der Waals surface area (Å²) in [4.78, 5) is 2.65. The Morgan fingerprint density at radius 3 is 2.42 bits per heavy atom. The van der Waals surface area contributed by atoms with E-state index < -0.39 is 0 Å². The number of hydrogen-bond acceptors (Lipinski definition) is 2. The van der Waals surface area contributed by atoms with Crippen LogP contribution in [0.2, 0.25) is 0 Å². The van der Waals surface area contributed by atoms with E-state index >= 15 is 0 Å². The Labute approximate surface area is 120 Å². The molecule has 0 aromatic heterocycles. The Bertz CT molecular complexity index is 240. The first-order chi connectivity index (χ1) is 9.24. The molecule has 112 valence electrons. The largest absolute Gasteiger partial charge is 0.316 e. The molecule has 0 aliphatic heterocycles. The molecular formula is C17H34N2. The van der Waals surface area contributed by atoms with Crippen LogP contribution < -0.4 is 5.32 Å². The molecule has 0 radical (unpaired) electrons. The first-order valence-corrected chi connectivity index (χ1v) is 8.63. The average molecular weight is 266 g/mol. The third kappa shape index (κ3) is 4.75. The summed E-state index contributed by atoms with van der Waals surface area (Å²) in [5, 5.41) is 3.69. The summed E-state index contributed by atoms with van der Waals surface area (Å²) in [6.07, 6.45) is 12.9. The molecule has 0 bridgehead atoms. The summed E-state index contributed by atoms with van der Waals surface area (Å²) in [6, 6.07) is 0. The van der Waals surface area contributed by atoms with Crippen molar-refractivity contribution < 1.29 is 0 Å². The molecule has 2 fully saturated rings. The molecule has 0 aromatic carbocycles. The molecule has 1 N–H and O–H groups in total. The lowest BCUT2D eigenvalue weighted by atomic mass is 9.85. The van der Waals surface area contributed by atoms with Crippen LogP contribution in [0.3, 0.4) is 0 Å². The van der Waals surface area contributed by atoms with E-state index in [0.29, 0.717) is 5.41 Å². The van der Waals surface area contributed by atoms with Crippen molar-refractivity contribution in [3.8, 4) is 0 Å². The van der Waals surface area contributed by atoms with Gasteiger partial charge in [0.05, 0.1) is 0 Å². The molecule has 0 spiro atoms. The molecule has 2 aliphatic rings. The highest BCUT2D eigenvalue weighted by Gasteiger charge is 2.34. The van der Waals surface area contributed by atoms with Crippen LogP contribution in [0.1, 0.15) is 64.7 Å². The minimum Gasteiger partial charge on any atom is -0.316 e. The maximum atomic E-state index is 3.69. The summed E-state index contributed by atoms with van der Waals surface area (Å²) in [6.45, 7) is 7.36. The Balaban J connectivity index is 1.77. The summed E-state index contributed by atoms with van der Waals surface area (Å²) in [5.74, 6) is 0.993. The SMILES string of the molecule is CCCNCC1(CN(C)CC2CCCC2)CCCC1. The van der Waals surface area contributed by atoms with Gasteiger partial charge in [-0.1, -0.05) is 32.6 Å². The van der Waals surface area contributed by atoms with Crippen molar-refractivity contribution in [2.24, 2.45) is 11.3 Å². The van der Waals surface area contributed by atoms with E-state index in [1.54, 1.807) is 0 Å². The van der Waals surface area contributed by atoms with E-state index in [4.69, 9.17) is 0 Å². The molecule has 0 aromatic rings. The van der Waals surface area contributed by atoms with Crippen LogP contribution in [0, 0.1) is 11.3 Å². The lowest BCUT2D eigenvalue weighted by Gasteiger charge is -2.35. The number of hydrogen-bond donors (Lipinski definition) is 1. The molecule has 0 amide bonds. The molecular weight excluding hydrogens is 232 g/mol. The molecule has 2 aliphatic carbocycles. The van der Waals surface area contributed by atoms with Crippen molar-refractivity contribution in [3.63, 3.8) is 0 Å². The lowest BCUT2D eigenvalue weighted by Crippen LogP contribution is -2.42. The maximum Gasteiger partial charge on any atom is 0.00472 e. The van der Waals surface area contributed by atoms with Crippen molar-refractivity contribution in [1.29, 1.82) is 0 Å². The van der Waals surface area contributed by atoms with Gasteiger partial charge in [0.1, 0.15) is 0 Å². The van der Waals surface area contributed by atoms with Crippen LogP contribution in [-0.4, -0.2) is 38.1 Å². The quantitative estimate of drug-likeness (QED) is 0.674. The van der Waals surface area contributed by atoms with Gasteiger partial charge >= 0.3 is 0 Å². The molecule has 0 atom stereocenters. The highest BCUT2D eigenvalue weighted by molar-refractivity contribution is 4.89. The van der Waals surface area contributed by atoms with E-state index in [2.05, 4.69) is 24.2 Å². The lowest BCUT2D eigenvalue weighted by molar-refractivity contribution is 0.156. The van der Waals surface area contributed by atoms with E-state index in [0.717, 1.165) is 5.92 Å². The minimum absolute atomic E-state index is 0.586. The zero-order chi connectivity index (χ0) is 13.6. The second-order valence-corrected chi connectivity index (χ2v) is 7.23. The van der Waals surface area contributed by atoms with Gasteiger partial charge in [0.15, 0.2) is 0 Å². The smallest absolute Gasteiger partial charge is 0.00472 e. The monoisotopic (exact) mass is 266 g/mol. The van der Waals surface area contributed by atoms with Crippen molar-refractivity contribution >= 4 is 0 Å². The van der Waals surface area contributed by atoms with Gasteiger partial charge in [-0.2, -0.15) is 0 Å². The second kappa shape index (κ2) is 7.64. The molecule has 2 nitrogen and oxygen atoms in total. The molecule has 19 heavy (non-hydrogen) atoms. The van der Waals surface area contributed by atoms with Crippen molar-refractivity contribution in [2.75, 3.05) is 33.2 Å². The van der Waals surface area contributed by atoms with Crippen LogP contribution in [0.15, 0.2) is 0 Å². The number of nitrogens with zero attached hydrogens (tertiary/aromatic N) is 1. The fourth-order valence-electron chi connectivity index (χ4n) is 4.32. The van der Waals surface area contributed by atoms with Gasteiger partial charge in [-0.15, -0.1) is 0 Å². The van der Waals surface area contributed by atoms with E-state index in [1.165, 1.54) is 84.0 Å². The summed E-state index contributed by atoms with van der Waals surface area (Å²) in [7, 11) is 2.36. The highest BCUT2D eigenvalue weighted by Crippen LogP contribution is 2.38. The molecule has 0 heterocycles. The zero-order valence-corrected chi connectivity index (χ0v) is 13.2. The van der Waals surface area contributed by atoms with Crippen LogP contribution in [-0.2, 0) is 0 Å². The first kappa shape index (κ1) is 15.3. The molecule has 0 unspecified atom stereocenters. The van der Waals surface area contributed by atoms with Crippen molar-refractivity contribution in [1.82, 2.24) is 10.2 Å². The van der Waals surface area contributed by atoms with Gasteiger partial charge in [0.2, 0.25) is 0 Å². The van der Waals surface area contributed by atoms with Gasteiger partial charge in [0, 0.05) is 19.6 Å². The van der Waals surface area contributed by atoms with Gasteiger partial charge in [-0.3, -0.25) is 0 Å². The van der Waals surface area contributed by atoms with Crippen LogP contribution in [0.4, 0.5) is 0 Å². The van der Waals surface area contributed by atoms with Crippen LogP contribution >= 0.6 is 0 Å². The van der Waals surface area contributed by atoms with E-state index in [9.17, 15) is 0 Å². The normalized spacial score (nSPS) is 23.5. The Morgan fingerprint density at radius 2 is 1.79 bits per heavy atom. The Morgan fingerprint density at radius 1 is 1.11 bits per heavy atom. The molecule has 2 saturated carbocycles. The fraction of sp³-hybridized carbons (Fsp3) is 1.00. The zero-order valence-electron chi connectivity index (χ0n) is 13.2. The van der Waals surface area contributed by atoms with Crippen LogP contribution in [0.25, 0.3) is 0 Å². The molecule has 0 saturated heterocycles. The topological polar surface area (TPSA) is 15.3 Å². The fourth-order valence-corrected chi connectivity index (χ4v) is 4.32. The Hall–Kier alpha value is -0.0800. The molecule has 2 rings (SSSR count). The summed E-state index contributed by atoms with van der Waals surface area (Å²) in [5.41, 5.74) is 0.586. The van der Waals surface area contributed by atoms with Crippen molar-refractivity contribution in [2.45, 2.75) is 64.7 Å². The maximum absolute atomic E-state index is 3.69. The van der Waals surface area contributed by atoms with Crippen LogP contribution in [0.5, 0.6) is 0 Å². The predicted octanol–water partition coefficient (Wildman–Crippen LogP) is 3.67. The third-order valence-corrected chi connectivity index (χ3v) is 5.24. The Kier molecular flexibility index (Phi) is 6.15. The predicted molar refractivity (Wildman–Crippen MR) is 83.5 cm³/mol. The summed E-state index contributed by atoms with van der Waals surface area (Å²) >= 11 is 0. The summed E-state index contributed by atoms with van der Waals surface area (Å²) < 4.78 is 0. The molecule has 2 heteroatoms. The van der Waals surface area contributed by atoms with Gasteiger partial charge in [0.25, 0.3) is 0 Å². The second-order valence-electron chi connectivity index (χ2n) is 7.23.